The number of fused-ring (bicyclic) bond motifs is 1. The molecule has 1 aliphatic rings. The van der Waals surface area contributed by atoms with Gasteiger partial charge in [-0.2, -0.15) is 5.10 Å². The molecule has 39 heavy (non-hydrogen) atoms. The van der Waals surface area contributed by atoms with Crippen LogP contribution in [0.2, 0.25) is 0 Å². The van der Waals surface area contributed by atoms with Crippen LogP contribution in [0.3, 0.4) is 0 Å². The van der Waals surface area contributed by atoms with Gasteiger partial charge in [-0.25, -0.2) is 4.39 Å². The van der Waals surface area contributed by atoms with Gasteiger partial charge in [0.25, 0.3) is 0 Å². The van der Waals surface area contributed by atoms with Gasteiger partial charge in [0.1, 0.15) is 11.5 Å². The highest BCUT2D eigenvalue weighted by Gasteiger charge is 2.17. The van der Waals surface area contributed by atoms with Crippen LogP contribution in [0.1, 0.15) is 35.2 Å². The number of nitrogens with zero attached hydrogens (tertiary/aromatic N) is 2. The van der Waals surface area contributed by atoms with Crippen LogP contribution in [-0.4, -0.2) is 33.3 Å². The molecule has 6 heteroatoms. The van der Waals surface area contributed by atoms with E-state index in [1.807, 2.05) is 25.4 Å². The van der Waals surface area contributed by atoms with Crippen LogP contribution in [0.25, 0.3) is 39.0 Å². The van der Waals surface area contributed by atoms with Crippen LogP contribution in [0.15, 0.2) is 85.7 Å². The van der Waals surface area contributed by atoms with E-state index in [1.54, 1.807) is 18.2 Å². The Morgan fingerprint density at radius 1 is 1.03 bits per heavy atom. The lowest BCUT2D eigenvalue weighted by Crippen LogP contribution is -2.28. The fourth-order valence-corrected chi connectivity index (χ4v) is 5.63. The smallest absolute Gasteiger partial charge is 0.123 e. The summed E-state index contributed by atoms with van der Waals surface area (Å²) in [6.45, 7) is 8.14. The molecule has 0 amide bonds. The lowest BCUT2D eigenvalue weighted by molar-refractivity contribution is 0.372. The first-order chi connectivity index (χ1) is 19.1. The molecule has 0 radical (unpaired) electrons. The molecule has 6 rings (SSSR count). The zero-order valence-corrected chi connectivity index (χ0v) is 22.1. The molecule has 0 aliphatic carbocycles. The van der Waals surface area contributed by atoms with Gasteiger partial charge < -0.3 is 10.3 Å². The maximum absolute atomic E-state index is 13.6. The van der Waals surface area contributed by atoms with Crippen molar-refractivity contribution in [3.63, 3.8) is 0 Å². The molecule has 1 saturated heterocycles. The van der Waals surface area contributed by atoms with E-state index in [1.165, 1.54) is 30.5 Å². The third-order valence-electron chi connectivity index (χ3n) is 7.67. The van der Waals surface area contributed by atoms with Gasteiger partial charge in [0.15, 0.2) is 0 Å². The summed E-state index contributed by atoms with van der Waals surface area (Å²) in [4.78, 5) is 8.10. The van der Waals surface area contributed by atoms with Crippen molar-refractivity contribution in [1.82, 2.24) is 25.5 Å². The van der Waals surface area contributed by atoms with Crippen molar-refractivity contribution in [3.05, 3.63) is 114 Å². The summed E-state index contributed by atoms with van der Waals surface area (Å²) in [5.41, 5.74) is 10.2. The van der Waals surface area contributed by atoms with E-state index in [0.29, 0.717) is 5.92 Å². The molecule has 0 spiro atoms. The number of hydrogen-bond acceptors (Lipinski definition) is 3. The van der Waals surface area contributed by atoms with E-state index in [9.17, 15) is 4.39 Å². The maximum atomic E-state index is 13.6. The summed E-state index contributed by atoms with van der Waals surface area (Å²) < 4.78 is 13.6. The van der Waals surface area contributed by atoms with E-state index in [2.05, 4.69) is 62.4 Å². The highest BCUT2D eigenvalue weighted by Crippen LogP contribution is 2.34. The zero-order chi connectivity index (χ0) is 26.8. The van der Waals surface area contributed by atoms with E-state index in [4.69, 9.17) is 0 Å². The van der Waals surface area contributed by atoms with Crippen molar-refractivity contribution in [2.45, 2.75) is 26.2 Å². The van der Waals surface area contributed by atoms with Gasteiger partial charge in [0, 0.05) is 34.6 Å². The summed E-state index contributed by atoms with van der Waals surface area (Å²) >= 11 is 0. The van der Waals surface area contributed by atoms with Crippen LogP contribution < -0.4 is 5.32 Å². The third kappa shape index (κ3) is 5.20. The second-order valence-corrected chi connectivity index (χ2v) is 10.4. The molecule has 3 N–H and O–H groups in total. The number of allylic oxidation sites excluding steroid dienone is 2. The Morgan fingerprint density at radius 2 is 1.85 bits per heavy atom. The average Bonchev–Trinajstić information content (AvgIpc) is 3.56. The predicted octanol–water partition coefficient (Wildman–Crippen LogP) is 7.23. The molecule has 5 aromatic rings. The summed E-state index contributed by atoms with van der Waals surface area (Å²) in [6.07, 6.45) is 11.2. The van der Waals surface area contributed by atoms with Crippen LogP contribution in [0, 0.1) is 18.7 Å². The number of hydrogen-bond donors (Lipinski definition) is 3. The Labute approximate surface area is 227 Å². The van der Waals surface area contributed by atoms with Crippen molar-refractivity contribution < 1.29 is 4.39 Å². The molecule has 5 nitrogen and oxygen atoms in total. The highest BCUT2D eigenvalue weighted by atomic mass is 19.1. The number of aromatic nitrogens is 4. The zero-order valence-electron chi connectivity index (χ0n) is 22.1. The van der Waals surface area contributed by atoms with Crippen LogP contribution in [0.4, 0.5) is 4.39 Å². The Bertz CT molecular complexity index is 1650. The highest BCUT2D eigenvalue weighted by molar-refractivity contribution is 5.96. The molecular formula is C33H32FN5. The molecule has 1 fully saturated rings. The van der Waals surface area contributed by atoms with Gasteiger partial charge in [-0.05, 0) is 104 Å². The van der Waals surface area contributed by atoms with Gasteiger partial charge in [-0.15, -0.1) is 0 Å². The van der Waals surface area contributed by atoms with Gasteiger partial charge in [-0.3, -0.25) is 10.1 Å². The lowest BCUT2D eigenvalue weighted by atomic mass is 9.91. The van der Waals surface area contributed by atoms with E-state index in [0.717, 1.165) is 75.3 Å². The van der Waals surface area contributed by atoms with Gasteiger partial charge in [0.2, 0.25) is 0 Å². The van der Waals surface area contributed by atoms with Crippen molar-refractivity contribution in [2.24, 2.45) is 5.92 Å². The summed E-state index contributed by atoms with van der Waals surface area (Å²) in [6, 6.07) is 17.3. The quantitative estimate of drug-likeness (QED) is 0.200. The maximum Gasteiger partial charge on any atom is 0.123 e. The largest absolute Gasteiger partial charge is 0.357 e. The van der Waals surface area contributed by atoms with Gasteiger partial charge in [-0.1, -0.05) is 36.9 Å². The molecule has 0 atom stereocenters. The Kier molecular flexibility index (Phi) is 6.95. The number of benzene rings is 2. The monoisotopic (exact) mass is 517 g/mol. The predicted molar refractivity (Wildman–Crippen MR) is 157 cm³/mol. The third-order valence-corrected chi connectivity index (χ3v) is 7.67. The topological polar surface area (TPSA) is 69.4 Å². The second-order valence-electron chi connectivity index (χ2n) is 10.4. The number of aromatic amines is 2. The fraction of sp³-hybridized carbons (Fsp3) is 0.212. The van der Waals surface area contributed by atoms with Gasteiger partial charge in [0.05, 0.1) is 11.2 Å². The van der Waals surface area contributed by atoms with Crippen molar-refractivity contribution in [2.75, 3.05) is 13.1 Å². The van der Waals surface area contributed by atoms with Crippen LogP contribution in [0.5, 0.6) is 0 Å². The van der Waals surface area contributed by atoms with E-state index in [-0.39, 0.29) is 5.82 Å². The summed E-state index contributed by atoms with van der Waals surface area (Å²) in [7, 11) is 0. The first-order valence-corrected chi connectivity index (χ1v) is 13.5. The number of rotatable bonds is 7. The molecule has 1 aliphatic heterocycles. The molecule has 4 heterocycles. The number of halogens is 1. The van der Waals surface area contributed by atoms with Crippen LogP contribution >= 0.6 is 0 Å². The molecule has 0 saturated carbocycles. The minimum Gasteiger partial charge on any atom is -0.357 e. The van der Waals surface area contributed by atoms with Crippen molar-refractivity contribution in [1.29, 1.82) is 0 Å². The summed E-state index contributed by atoms with van der Waals surface area (Å²) in [5.74, 6) is 0.459. The minimum absolute atomic E-state index is 0.256. The average molecular weight is 518 g/mol. The number of pyridine rings is 1. The molecule has 2 aromatic carbocycles. The molecular weight excluding hydrogens is 485 g/mol. The number of piperidine rings is 1. The Morgan fingerprint density at radius 3 is 2.64 bits per heavy atom. The lowest BCUT2D eigenvalue weighted by Gasteiger charge is -2.22. The SMILES string of the molecule is C=C/C=C(/c1ccc(F)cc1)c1cc(-c2n[nH]c3ccc(-c4cncc(CC5CCNCC5)c4)cc23)[nH]c1C. The number of H-pyrrole nitrogens is 2. The fourth-order valence-electron chi connectivity index (χ4n) is 5.63. The summed E-state index contributed by atoms with van der Waals surface area (Å²) in [5, 5.41) is 12.4. The number of nitrogens with one attached hydrogen (secondary N) is 3. The molecule has 0 unspecified atom stereocenters. The Hall–Kier alpha value is -4.29. The molecule has 196 valence electrons. The van der Waals surface area contributed by atoms with Crippen molar-refractivity contribution >= 4 is 16.5 Å². The Balaban J connectivity index is 1.34. The number of aryl methyl sites for hydroxylation is 1. The normalized spacial score (nSPS) is 14.7. The molecule has 0 bridgehead atoms. The van der Waals surface area contributed by atoms with E-state index >= 15 is 0 Å². The first kappa shape index (κ1) is 25.0. The van der Waals surface area contributed by atoms with Crippen LogP contribution in [-0.2, 0) is 6.42 Å². The minimum atomic E-state index is -0.256. The van der Waals surface area contributed by atoms with Crippen molar-refractivity contribution in [3.8, 4) is 22.5 Å². The van der Waals surface area contributed by atoms with E-state index < -0.39 is 0 Å². The second kappa shape index (κ2) is 10.8. The first-order valence-electron chi connectivity index (χ1n) is 13.5. The van der Waals surface area contributed by atoms with Gasteiger partial charge >= 0.3 is 0 Å². The standard InChI is InChI=1S/C33H32FN5/c1-3-4-28(24-5-8-27(34)9-6-24)29-18-32(37-21(29)2)33-30-17-25(7-10-31(30)38-39-33)26-16-23(19-36-20-26)15-22-11-13-35-14-12-22/h3-10,16-20,22,35,37H,1,11-15H2,2H3,(H,38,39)/b28-4-. The molecule has 3 aromatic heterocycles.